The molecule has 2 N–H and O–H groups in total. The Labute approximate surface area is 66.1 Å². The molecule has 0 amide bonds. The molecule has 0 aliphatic heterocycles. The van der Waals surface area contributed by atoms with Gasteiger partial charge >= 0.3 is 23.1 Å². The van der Waals surface area contributed by atoms with E-state index < -0.39 is 10.1 Å². The summed E-state index contributed by atoms with van der Waals surface area (Å²) >= 11 is 0. The number of aliphatic hydroxyl groups excluding tert-OH is 1. The zero-order valence-electron chi connectivity index (χ0n) is 5.98. The van der Waals surface area contributed by atoms with Crippen LogP contribution in [0.4, 0.5) is 0 Å². The molecule has 0 saturated carbocycles. The molecule has 0 unspecified atom stereocenters. The van der Waals surface area contributed by atoms with Crippen molar-refractivity contribution in [3.63, 3.8) is 0 Å². The first kappa shape index (κ1) is 11.1. The zero-order chi connectivity index (χ0) is 5.91. The van der Waals surface area contributed by atoms with E-state index in [0.717, 1.165) is 0 Å². The Bertz CT molecular complexity index is 164. The molecule has 0 spiro atoms. The smallest absolute Gasteiger partial charge is 1.00 e. The minimum Gasteiger partial charge on any atom is -1.00 e. The van der Waals surface area contributed by atoms with Crippen molar-refractivity contribution in [3.8, 4) is 0 Å². The molecule has 0 atom stereocenters. The van der Waals surface area contributed by atoms with Crippen molar-refractivity contribution in [3.05, 3.63) is 11.7 Å². The first-order valence-electron chi connectivity index (χ1n) is 1.34. The molecular formula is C2H6MgO4S. The molecule has 0 fully saturated rings. The van der Waals surface area contributed by atoms with Gasteiger partial charge in [0, 0.05) is 0 Å². The third-order valence-corrected chi connectivity index (χ3v) is 0.698. The van der Waals surface area contributed by atoms with Crippen molar-refractivity contribution in [2.75, 3.05) is 0 Å². The van der Waals surface area contributed by atoms with Gasteiger partial charge in [-0.25, -0.2) is 0 Å². The number of aliphatic hydroxyl groups is 1. The number of rotatable bonds is 1. The second kappa shape index (κ2) is 4.13. The SMILES string of the molecule is O=S(=O)(O)C=CO.[H-].[H-].[Mg+2]. The standard InChI is InChI=1S/C2H4O4S.Mg.2H/c3-1-2-7(4,5)6;;;/h1-3H,(H,4,5,6);;;/q;+2;2*-1. The van der Waals surface area contributed by atoms with Crippen LogP contribution in [-0.4, -0.2) is 41.1 Å². The zero-order valence-corrected chi connectivity index (χ0v) is 6.21. The molecular weight excluding hydrogens is 144 g/mol. The largest absolute Gasteiger partial charge is 2.00 e. The van der Waals surface area contributed by atoms with Crippen LogP contribution in [0.3, 0.4) is 0 Å². The van der Waals surface area contributed by atoms with Gasteiger partial charge in [-0.2, -0.15) is 8.42 Å². The van der Waals surface area contributed by atoms with Gasteiger partial charge in [-0.1, -0.05) is 0 Å². The molecule has 0 aliphatic carbocycles. The van der Waals surface area contributed by atoms with E-state index in [0.29, 0.717) is 0 Å². The Morgan fingerprint density at radius 1 is 1.50 bits per heavy atom. The molecule has 0 bridgehead atoms. The summed E-state index contributed by atoms with van der Waals surface area (Å²) in [6.45, 7) is 0. The van der Waals surface area contributed by atoms with E-state index >= 15 is 0 Å². The van der Waals surface area contributed by atoms with Crippen molar-refractivity contribution in [2.45, 2.75) is 0 Å². The molecule has 46 valence electrons. The predicted octanol–water partition coefficient (Wildman–Crippen LogP) is -0.252. The van der Waals surface area contributed by atoms with Gasteiger partial charge in [0.05, 0.1) is 11.7 Å². The summed E-state index contributed by atoms with van der Waals surface area (Å²) in [5.74, 6) is 0. The maximum atomic E-state index is 9.54. The van der Waals surface area contributed by atoms with Crippen molar-refractivity contribution in [1.29, 1.82) is 0 Å². The van der Waals surface area contributed by atoms with Crippen LogP contribution < -0.4 is 0 Å². The van der Waals surface area contributed by atoms with Crippen molar-refractivity contribution in [1.82, 2.24) is 0 Å². The maximum absolute atomic E-state index is 9.54. The number of hydrogen-bond acceptors (Lipinski definition) is 3. The number of hydrogen-bond donors (Lipinski definition) is 2. The summed E-state index contributed by atoms with van der Waals surface area (Å²) in [5, 5.41) is 7.95. The fourth-order valence-corrected chi connectivity index (χ4v) is 0.231. The monoisotopic (exact) mass is 150 g/mol. The Balaban J connectivity index is -0.0000000600. The van der Waals surface area contributed by atoms with Gasteiger partial charge < -0.3 is 7.96 Å². The predicted molar refractivity (Wildman–Crippen MR) is 31.3 cm³/mol. The minimum atomic E-state index is -4.10. The first-order chi connectivity index (χ1) is 3.06. The molecule has 0 rings (SSSR count). The summed E-state index contributed by atoms with van der Waals surface area (Å²) in [6, 6.07) is 0. The fraction of sp³-hybridized carbons (Fsp3) is 0. The molecule has 0 aliphatic rings. The van der Waals surface area contributed by atoms with Gasteiger partial charge in [-0.3, -0.25) is 4.55 Å². The van der Waals surface area contributed by atoms with Crippen molar-refractivity contribution < 1.29 is 20.9 Å². The molecule has 6 heteroatoms. The summed E-state index contributed by atoms with van der Waals surface area (Å²) in [7, 11) is -4.10. The van der Waals surface area contributed by atoms with Crippen LogP contribution in [0, 0.1) is 0 Å². The quantitative estimate of drug-likeness (QED) is 0.307. The third kappa shape index (κ3) is 9.51. The Morgan fingerprint density at radius 3 is 1.88 bits per heavy atom. The Hall–Kier alpha value is 0.216. The van der Waals surface area contributed by atoms with E-state index in [2.05, 4.69) is 0 Å². The molecule has 0 aromatic rings. The molecule has 0 aromatic heterocycles. The normalized spacial score (nSPS) is 11.1. The molecule has 0 radical (unpaired) electrons. The third-order valence-electron chi connectivity index (χ3n) is 0.233. The van der Waals surface area contributed by atoms with Crippen LogP contribution in [-0.2, 0) is 10.1 Å². The van der Waals surface area contributed by atoms with Gasteiger partial charge in [0.25, 0.3) is 10.1 Å². The van der Waals surface area contributed by atoms with Crippen molar-refractivity contribution >= 4 is 33.2 Å². The van der Waals surface area contributed by atoms with Gasteiger partial charge in [-0.15, -0.1) is 0 Å². The van der Waals surface area contributed by atoms with Crippen LogP contribution in [0.2, 0.25) is 0 Å². The second-order valence-electron chi connectivity index (χ2n) is 0.800. The van der Waals surface area contributed by atoms with E-state index in [1.54, 1.807) is 0 Å². The van der Waals surface area contributed by atoms with Gasteiger partial charge in [0.15, 0.2) is 0 Å². The summed E-state index contributed by atoms with van der Waals surface area (Å²) in [5.41, 5.74) is 0. The topological polar surface area (TPSA) is 74.6 Å². The Kier molecular flexibility index (Phi) is 5.72. The molecule has 0 heterocycles. The van der Waals surface area contributed by atoms with Crippen LogP contribution in [0.15, 0.2) is 11.7 Å². The van der Waals surface area contributed by atoms with E-state index in [4.69, 9.17) is 9.66 Å². The summed E-state index contributed by atoms with van der Waals surface area (Å²) < 4.78 is 26.8. The Morgan fingerprint density at radius 2 is 1.88 bits per heavy atom. The first-order valence-corrected chi connectivity index (χ1v) is 2.85. The molecule has 4 nitrogen and oxygen atoms in total. The molecule has 8 heavy (non-hydrogen) atoms. The summed E-state index contributed by atoms with van der Waals surface area (Å²) in [6.07, 6.45) is 0.245. The van der Waals surface area contributed by atoms with Gasteiger partial charge in [-0.05, 0) is 0 Å². The van der Waals surface area contributed by atoms with Crippen LogP contribution in [0.5, 0.6) is 0 Å². The van der Waals surface area contributed by atoms with E-state index in [1.165, 1.54) is 0 Å². The summed E-state index contributed by atoms with van der Waals surface area (Å²) in [4.78, 5) is 0. The van der Waals surface area contributed by atoms with Crippen LogP contribution in [0.1, 0.15) is 2.85 Å². The van der Waals surface area contributed by atoms with E-state index in [9.17, 15) is 8.42 Å². The molecule has 0 aromatic carbocycles. The average molecular weight is 150 g/mol. The van der Waals surface area contributed by atoms with Gasteiger partial charge in [0.2, 0.25) is 0 Å². The average Bonchev–Trinajstić information content (AvgIpc) is 1.30. The maximum Gasteiger partial charge on any atom is 2.00 e. The second-order valence-corrected chi connectivity index (χ2v) is 2.10. The minimum absolute atomic E-state index is 0. The van der Waals surface area contributed by atoms with Crippen LogP contribution in [0.25, 0.3) is 0 Å². The van der Waals surface area contributed by atoms with E-state index in [1.807, 2.05) is 0 Å². The fourth-order valence-electron chi connectivity index (χ4n) is 0.0769. The van der Waals surface area contributed by atoms with Crippen LogP contribution >= 0.6 is 0 Å². The van der Waals surface area contributed by atoms with Gasteiger partial charge in [0.1, 0.15) is 0 Å². The van der Waals surface area contributed by atoms with Crippen molar-refractivity contribution in [2.24, 2.45) is 0 Å². The molecule has 0 saturated heterocycles. The van der Waals surface area contributed by atoms with E-state index in [-0.39, 0.29) is 37.6 Å².